The molecule has 0 saturated carbocycles. The number of aryl methyl sites for hydroxylation is 1. The molecule has 0 radical (unpaired) electrons. The topological polar surface area (TPSA) is 182 Å². The summed E-state index contributed by atoms with van der Waals surface area (Å²) in [5.74, 6) is 6.19. The highest BCUT2D eigenvalue weighted by Crippen LogP contribution is 2.31. The van der Waals surface area contributed by atoms with E-state index < -0.39 is 24.1 Å². The Kier molecular flexibility index (Phi) is 7.10. The van der Waals surface area contributed by atoms with Crippen molar-refractivity contribution in [1.29, 1.82) is 0 Å². The van der Waals surface area contributed by atoms with Crippen LogP contribution in [0.5, 0.6) is 5.75 Å². The summed E-state index contributed by atoms with van der Waals surface area (Å²) >= 11 is 0. The summed E-state index contributed by atoms with van der Waals surface area (Å²) in [6.07, 6.45) is 5.61. The van der Waals surface area contributed by atoms with E-state index in [9.17, 15) is 24.9 Å². The van der Waals surface area contributed by atoms with Crippen molar-refractivity contribution in [2.75, 3.05) is 6.61 Å². The molecule has 0 bridgehead atoms. The fraction of sp³-hybridized carbons (Fsp3) is 0.321. The summed E-state index contributed by atoms with van der Waals surface area (Å²) in [6, 6.07) is 6.18. The molecule has 0 amide bonds. The lowest BCUT2D eigenvalue weighted by molar-refractivity contribution is -0.0430. The first-order valence-corrected chi connectivity index (χ1v) is 13.1. The Bertz CT molecular complexity index is 1910. The summed E-state index contributed by atoms with van der Waals surface area (Å²) in [7, 11) is 0. The maximum Gasteiger partial charge on any atom is 0.362 e. The lowest BCUT2D eigenvalue weighted by Gasteiger charge is -2.14. The van der Waals surface area contributed by atoms with Crippen molar-refractivity contribution in [3.8, 4) is 23.3 Å². The molecule has 210 valence electrons. The molecule has 4 N–H and O–H groups in total. The Morgan fingerprint density at radius 2 is 2.05 bits per heavy atom. The van der Waals surface area contributed by atoms with Crippen molar-refractivity contribution in [3.05, 3.63) is 75.0 Å². The number of rotatable bonds is 7. The molecule has 4 aromatic heterocycles. The lowest BCUT2D eigenvalue weighted by atomic mass is 10.1. The monoisotopic (exact) mass is 558 g/mol. The predicted molar refractivity (Wildman–Crippen MR) is 145 cm³/mol. The third kappa shape index (κ3) is 5.23. The van der Waals surface area contributed by atoms with E-state index in [0.29, 0.717) is 40.5 Å². The molecule has 1 aromatic carbocycles. The number of aromatic nitrogens is 6. The SMILES string of the molecule is O=c1oc2cc(O)ccc2cc1-n1cc(CCCCC#Cc2cn([C@H]3C[C@H](O)[C@@H](CO)O3)c3nc[nH]c(=O)c23)nn1. The number of aromatic amines is 1. The maximum atomic E-state index is 12.6. The molecule has 5 aromatic rings. The third-order valence-corrected chi connectivity index (χ3v) is 7.01. The maximum absolute atomic E-state index is 12.6. The van der Waals surface area contributed by atoms with E-state index in [-0.39, 0.29) is 35.6 Å². The summed E-state index contributed by atoms with van der Waals surface area (Å²) < 4.78 is 14.1. The van der Waals surface area contributed by atoms with Gasteiger partial charge in [-0.15, -0.1) is 5.10 Å². The van der Waals surface area contributed by atoms with Gasteiger partial charge in [-0.3, -0.25) is 4.79 Å². The molecule has 3 atom stereocenters. The normalized spacial score (nSPS) is 18.6. The van der Waals surface area contributed by atoms with Gasteiger partial charge in [-0.25, -0.2) is 14.5 Å². The number of nitrogens with one attached hydrogen (secondary N) is 1. The number of benzene rings is 1. The van der Waals surface area contributed by atoms with Gasteiger partial charge in [0, 0.05) is 30.5 Å². The van der Waals surface area contributed by atoms with Gasteiger partial charge in [0.15, 0.2) is 11.3 Å². The molecule has 1 aliphatic rings. The zero-order valence-corrected chi connectivity index (χ0v) is 21.7. The highest BCUT2D eigenvalue weighted by molar-refractivity contribution is 5.83. The van der Waals surface area contributed by atoms with Crippen molar-refractivity contribution in [2.45, 2.75) is 50.5 Å². The molecule has 1 aliphatic heterocycles. The Morgan fingerprint density at radius 3 is 2.88 bits per heavy atom. The zero-order chi connectivity index (χ0) is 28.5. The number of H-pyrrole nitrogens is 1. The van der Waals surface area contributed by atoms with Gasteiger partial charge in [-0.2, -0.15) is 0 Å². The van der Waals surface area contributed by atoms with E-state index in [1.807, 2.05) is 0 Å². The third-order valence-electron chi connectivity index (χ3n) is 7.01. The van der Waals surface area contributed by atoms with Crippen molar-refractivity contribution in [2.24, 2.45) is 0 Å². The first kappa shape index (κ1) is 26.5. The smallest absolute Gasteiger partial charge is 0.362 e. The minimum atomic E-state index is -0.819. The van der Waals surface area contributed by atoms with Crippen LogP contribution in [0.15, 0.2) is 57.0 Å². The summed E-state index contributed by atoms with van der Waals surface area (Å²) in [5.41, 5.74) is 1.21. The first-order chi connectivity index (χ1) is 19.9. The van der Waals surface area contributed by atoms with Gasteiger partial charge in [-0.1, -0.05) is 17.1 Å². The number of aromatic hydroxyl groups is 1. The van der Waals surface area contributed by atoms with E-state index in [1.165, 1.54) is 23.1 Å². The van der Waals surface area contributed by atoms with Gasteiger partial charge in [0.2, 0.25) is 0 Å². The quantitative estimate of drug-likeness (QED) is 0.130. The van der Waals surface area contributed by atoms with Crippen LogP contribution < -0.4 is 11.2 Å². The Labute approximate surface area is 231 Å². The Morgan fingerprint density at radius 1 is 1.17 bits per heavy atom. The number of fused-ring (bicyclic) bond motifs is 2. The van der Waals surface area contributed by atoms with Crippen LogP contribution in [0.2, 0.25) is 0 Å². The standard InChI is InChI=1S/C28H26N6O7/c35-14-23-21(37)11-24(40-23)33-12-17(25-26(33)29-15-30-27(25)38)5-3-1-2-4-6-18-13-34(32-31-18)20-9-16-7-8-19(36)10-22(16)41-28(20)39/h7-10,12-13,15,21,23-24,35-37H,1-2,4,6,11,14H2,(H,29,30,38)/t21-,23+,24+/m0/s1. The highest BCUT2D eigenvalue weighted by atomic mass is 16.5. The number of aliphatic hydroxyl groups is 2. The van der Waals surface area contributed by atoms with Gasteiger partial charge in [0.1, 0.15) is 23.7 Å². The molecule has 5 heterocycles. The van der Waals surface area contributed by atoms with Crippen LogP contribution in [0.1, 0.15) is 43.2 Å². The second-order valence-corrected chi connectivity index (χ2v) is 9.80. The number of aliphatic hydroxyl groups excluding tert-OH is 2. The second kappa shape index (κ2) is 11.0. The molecule has 13 heteroatoms. The number of hydrogen-bond donors (Lipinski definition) is 4. The average molecular weight is 559 g/mol. The highest BCUT2D eigenvalue weighted by Gasteiger charge is 2.35. The van der Waals surface area contributed by atoms with E-state index in [2.05, 4.69) is 32.1 Å². The fourth-order valence-electron chi connectivity index (χ4n) is 4.91. The van der Waals surface area contributed by atoms with Crippen LogP contribution in [-0.2, 0) is 11.2 Å². The minimum absolute atomic E-state index is 0.00917. The van der Waals surface area contributed by atoms with Crippen molar-refractivity contribution in [3.63, 3.8) is 0 Å². The van der Waals surface area contributed by atoms with Crippen LogP contribution in [0.25, 0.3) is 27.7 Å². The van der Waals surface area contributed by atoms with Gasteiger partial charge in [-0.05, 0) is 37.5 Å². The second-order valence-electron chi connectivity index (χ2n) is 9.80. The van der Waals surface area contributed by atoms with Crippen LogP contribution >= 0.6 is 0 Å². The lowest BCUT2D eigenvalue weighted by Crippen LogP contribution is -2.24. The molecule has 0 unspecified atom stereocenters. The van der Waals surface area contributed by atoms with Gasteiger partial charge in [0.25, 0.3) is 5.56 Å². The number of nitrogens with zero attached hydrogens (tertiary/aromatic N) is 5. The number of phenolic OH excluding ortho intramolecular Hbond substituents is 1. The molecule has 1 fully saturated rings. The number of unbranched alkanes of at least 4 members (excludes halogenated alkanes) is 2. The number of ether oxygens (including phenoxy) is 1. The van der Waals surface area contributed by atoms with Gasteiger partial charge >= 0.3 is 5.63 Å². The molecule has 1 saturated heterocycles. The molecule has 0 spiro atoms. The van der Waals surface area contributed by atoms with Crippen LogP contribution in [0.3, 0.4) is 0 Å². The van der Waals surface area contributed by atoms with E-state index >= 15 is 0 Å². The van der Waals surface area contributed by atoms with E-state index in [0.717, 1.165) is 12.8 Å². The first-order valence-electron chi connectivity index (χ1n) is 13.1. The van der Waals surface area contributed by atoms with E-state index in [1.54, 1.807) is 29.1 Å². The molecular weight excluding hydrogens is 532 g/mol. The van der Waals surface area contributed by atoms with Gasteiger partial charge in [0.05, 0.1) is 41.9 Å². The number of phenols is 1. The molecule has 0 aliphatic carbocycles. The summed E-state index contributed by atoms with van der Waals surface area (Å²) in [6.45, 7) is -0.307. The van der Waals surface area contributed by atoms with Crippen molar-refractivity contribution in [1.82, 2.24) is 29.5 Å². The number of hydrogen-bond acceptors (Lipinski definition) is 10. The largest absolute Gasteiger partial charge is 0.508 e. The van der Waals surface area contributed by atoms with Crippen molar-refractivity contribution < 1.29 is 24.5 Å². The summed E-state index contributed by atoms with van der Waals surface area (Å²) in [4.78, 5) is 31.8. The Hall–Kier alpha value is -4.77. The Balaban J connectivity index is 1.10. The zero-order valence-electron chi connectivity index (χ0n) is 21.7. The predicted octanol–water partition coefficient (Wildman–Crippen LogP) is 1.52. The molecular formula is C28H26N6O7. The van der Waals surface area contributed by atoms with Crippen LogP contribution in [0.4, 0.5) is 0 Å². The van der Waals surface area contributed by atoms with Crippen molar-refractivity contribution >= 4 is 22.0 Å². The van der Waals surface area contributed by atoms with Gasteiger partial charge < -0.3 is 34.0 Å². The fourth-order valence-corrected chi connectivity index (χ4v) is 4.91. The van der Waals surface area contributed by atoms with E-state index in [4.69, 9.17) is 9.15 Å². The summed E-state index contributed by atoms with van der Waals surface area (Å²) in [5, 5.41) is 38.3. The molecule has 13 nitrogen and oxygen atoms in total. The minimum Gasteiger partial charge on any atom is -0.508 e. The van der Waals surface area contributed by atoms with Crippen LogP contribution in [0, 0.1) is 11.8 Å². The molecule has 6 rings (SSSR count). The average Bonchev–Trinajstić information content (AvgIpc) is 3.67. The molecule has 41 heavy (non-hydrogen) atoms. The van der Waals surface area contributed by atoms with Crippen LogP contribution in [-0.4, -0.2) is 63.7 Å².